The number of rotatable bonds is 3. The summed E-state index contributed by atoms with van der Waals surface area (Å²) in [5.41, 5.74) is 0.534. The van der Waals surface area contributed by atoms with Crippen molar-refractivity contribution in [2.75, 3.05) is 0 Å². The number of nitrogens with one attached hydrogen (secondary N) is 1. The molecular formula is C14H21NO3S. The lowest BCUT2D eigenvalue weighted by Crippen LogP contribution is -2.42. The van der Waals surface area contributed by atoms with Crippen LogP contribution in [-0.4, -0.2) is 23.5 Å². The van der Waals surface area contributed by atoms with Crippen LogP contribution in [0, 0.1) is 13.8 Å². The average Bonchev–Trinajstić information content (AvgIpc) is 2.56. The van der Waals surface area contributed by atoms with Crippen LogP contribution in [0.25, 0.3) is 0 Å². The van der Waals surface area contributed by atoms with E-state index in [9.17, 15) is 9.59 Å². The summed E-state index contributed by atoms with van der Waals surface area (Å²) in [5.74, 6) is -0.662. The molecule has 1 atom stereocenters. The Balaban J connectivity index is 2.64. The highest BCUT2D eigenvalue weighted by Gasteiger charge is 2.23. The third kappa shape index (κ3) is 4.67. The summed E-state index contributed by atoms with van der Waals surface area (Å²) in [7, 11) is 0. The minimum absolute atomic E-state index is 0.237. The van der Waals surface area contributed by atoms with Crippen LogP contribution in [0.2, 0.25) is 0 Å². The fourth-order valence-corrected chi connectivity index (χ4v) is 2.34. The molecule has 19 heavy (non-hydrogen) atoms. The molecule has 0 unspecified atom stereocenters. The molecule has 1 rings (SSSR count). The Bertz CT molecular complexity index is 466. The molecule has 0 aliphatic carbocycles. The maximum Gasteiger partial charge on any atom is 0.328 e. The van der Waals surface area contributed by atoms with Gasteiger partial charge in [-0.25, -0.2) is 4.79 Å². The van der Waals surface area contributed by atoms with E-state index < -0.39 is 17.6 Å². The van der Waals surface area contributed by atoms with Gasteiger partial charge in [-0.2, -0.15) is 0 Å². The molecule has 0 bridgehead atoms. The number of esters is 1. The van der Waals surface area contributed by atoms with Crippen molar-refractivity contribution in [2.24, 2.45) is 0 Å². The quantitative estimate of drug-likeness (QED) is 0.868. The topological polar surface area (TPSA) is 55.4 Å². The minimum Gasteiger partial charge on any atom is -0.458 e. The van der Waals surface area contributed by atoms with Crippen LogP contribution in [-0.2, 0) is 9.53 Å². The summed E-state index contributed by atoms with van der Waals surface area (Å²) in [6.07, 6.45) is 0. The second-order valence-corrected chi connectivity index (χ2v) is 6.83. The van der Waals surface area contributed by atoms with Crippen molar-refractivity contribution in [1.29, 1.82) is 0 Å². The standard InChI is InChI=1S/C14H21NO3S/c1-8-7-11(19-10(8)3)12(16)15-9(2)13(17)18-14(4,5)6/h7,9H,1-6H3,(H,15,16)/t9-/m1/s1. The van der Waals surface area contributed by atoms with Crippen LogP contribution in [0.4, 0.5) is 0 Å². The van der Waals surface area contributed by atoms with Crippen molar-refractivity contribution in [3.63, 3.8) is 0 Å². The Kier molecular flexibility index (Phi) is 4.74. The molecule has 0 saturated carbocycles. The van der Waals surface area contributed by atoms with Gasteiger partial charge in [-0.3, -0.25) is 4.79 Å². The number of thiophene rings is 1. The van der Waals surface area contributed by atoms with E-state index in [2.05, 4.69) is 5.32 Å². The Morgan fingerprint density at radius 3 is 2.32 bits per heavy atom. The van der Waals surface area contributed by atoms with Gasteiger partial charge in [0, 0.05) is 4.88 Å². The molecular weight excluding hydrogens is 262 g/mol. The Morgan fingerprint density at radius 1 is 1.32 bits per heavy atom. The van der Waals surface area contributed by atoms with Crippen molar-refractivity contribution in [3.05, 3.63) is 21.4 Å². The van der Waals surface area contributed by atoms with Crippen molar-refractivity contribution in [1.82, 2.24) is 5.32 Å². The van der Waals surface area contributed by atoms with E-state index in [1.165, 1.54) is 11.3 Å². The van der Waals surface area contributed by atoms with Crippen molar-refractivity contribution < 1.29 is 14.3 Å². The van der Waals surface area contributed by atoms with Crippen LogP contribution in [0.15, 0.2) is 6.07 Å². The van der Waals surface area contributed by atoms with Gasteiger partial charge in [-0.1, -0.05) is 0 Å². The molecule has 1 aromatic rings. The van der Waals surface area contributed by atoms with Crippen LogP contribution in [0.3, 0.4) is 0 Å². The first-order valence-corrected chi connectivity index (χ1v) is 7.02. The van der Waals surface area contributed by atoms with Crippen molar-refractivity contribution >= 4 is 23.2 Å². The maximum atomic E-state index is 12.0. The molecule has 0 aliphatic heterocycles. The van der Waals surface area contributed by atoms with Crippen molar-refractivity contribution in [3.8, 4) is 0 Å². The molecule has 106 valence electrons. The molecule has 4 nitrogen and oxygen atoms in total. The van der Waals surface area contributed by atoms with Gasteiger partial charge in [0.1, 0.15) is 11.6 Å². The van der Waals surface area contributed by atoms with Gasteiger partial charge in [-0.05, 0) is 53.2 Å². The average molecular weight is 283 g/mol. The predicted octanol–water partition coefficient (Wildman–Crippen LogP) is 2.82. The second-order valence-electron chi connectivity index (χ2n) is 5.58. The van der Waals surface area contributed by atoms with Crippen molar-refractivity contribution in [2.45, 2.75) is 53.2 Å². The van der Waals surface area contributed by atoms with Gasteiger partial charge in [0.2, 0.25) is 0 Å². The molecule has 0 aromatic carbocycles. The van der Waals surface area contributed by atoms with Crippen LogP contribution in [0.1, 0.15) is 47.8 Å². The summed E-state index contributed by atoms with van der Waals surface area (Å²) >= 11 is 1.43. The van der Waals surface area contributed by atoms with E-state index in [-0.39, 0.29) is 5.91 Å². The fraction of sp³-hybridized carbons (Fsp3) is 0.571. The molecule has 0 spiro atoms. The highest BCUT2D eigenvalue weighted by molar-refractivity contribution is 7.14. The van der Waals surface area contributed by atoms with E-state index in [0.29, 0.717) is 4.88 Å². The normalized spacial score (nSPS) is 12.9. The first kappa shape index (κ1) is 15.7. The summed E-state index contributed by atoms with van der Waals surface area (Å²) in [6, 6.07) is 1.17. The van der Waals surface area contributed by atoms with E-state index in [0.717, 1.165) is 10.4 Å². The molecule has 0 saturated heterocycles. The summed E-state index contributed by atoms with van der Waals surface area (Å²) in [5, 5.41) is 2.66. The van der Waals surface area contributed by atoms with Gasteiger partial charge in [-0.15, -0.1) is 11.3 Å². The SMILES string of the molecule is Cc1cc(C(=O)N[C@H](C)C(=O)OC(C)(C)C)sc1C. The molecule has 1 N–H and O–H groups in total. The second kappa shape index (κ2) is 5.74. The lowest BCUT2D eigenvalue weighted by atomic mass is 10.2. The first-order valence-electron chi connectivity index (χ1n) is 6.21. The monoisotopic (exact) mass is 283 g/mol. The zero-order valence-electron chi connectivity index (χ0n) is 12.3. The number of hydrogen-bond acceptors (Lipinski definition) is 4. The van der Waals surface area contributed by atoms with Crippen LogP contribution in [0.5, 0.6) is 0 Å². The largest absolute Gasteiger partial charge is 0.458 e. The molecule has 0 radical (unpaired) electrons. The molecule has 5 heteroatoms. The molecule has 1 heterocycles. The highest BCUT2D eigenvalue weighted by atomic mass is 32.1. The zero-order chi connectivity index (χ0) is 14.8. The summed E-state index contributed by atoms with van der Waals surface area (Å²) < 4.78 is 5.21. The number of carbonyl (C=O) groups excluding carboxylic acids is 2. The molecule has 1 aromatic heterocycles. The van der Waals surface area contributed by atoms with E-state index in [1.54, 1.807) is 27.7 Å². The number of ether oxygens (including phenoxy) is 1. The highest BCUT2D eigenvalue weighted by Crippen LogP contribution is 2.20. The fourth-order valence-electron chi connectivity index (χ4n) is 1.40. The lowest BCUT2D eigenvalue weighted by molar-refractivity contribution is -0.156. The van der Waals surface area contributed by atoms with E-state index in [4.69, 9.17) is 4.74 Å². The number of aryl methyl sites for hydroxylation is 2. The molecule has 0 aliphatic rings. The van der Waals surface area contributed by atoms with Crippen LogP contribution >= 0.6 is 11.3 Å². The van der Waals surface area contributed by atoms with Gasteiger partial charge >= 0.3 is 5.97 Å². The van der Waals surface area contributed by atoms with Gasteiger partial charge in [0.25, 0.3) is 5.91 Å². The van der Waals surface area contributed by atoms with Gasteiger partial charge < -0.3 is 10.1 Å². The summed E-state index contributed by atoms with van der Waals surface area (Å²) in [6.45, 7) is 10.9. The number of carbonyl (C=O) groups is 2. The number of hydrogen-bond donors (Lipinski definition) is 1. The van der Waals surface area contributed by atoms with Crippen LogP contribution < -0.4 is 5.32 Å². The Morgan fingerprint density at radius 2 is 1.89 bits per heavy atom. The molecule has 0 fully saturated rings. The Hall–Kier alpha value is -1.36. The summed E-state index contributed by atoms with van der Waals surface area (Å²) in [4.78, 5) is 25.5. The maximum absolute atomic E-state index is 12.0. The van der Waals surface area contributed by atoms with Gasteiger partial charge in [0.15, 0.2) is 0 Å². The van der Waals surface area contributed by atoms with E-state index >= 15 is 0 Å². The number of amides is 1. The first-order chi connectivity index (χ1) is 8.60. The minimum atomic E-state index is -0.658. The third-order valence-electron chi connectivity index (χ3n) is 2.50. The van der Waals surface area contributed by atoms with Gasteiger partial charge in [0.05, 0.1) is 4.88 Å². The Labute approximate surface area is 118 Å². The zero-order valence-corrected chi connectivity index (χ0v) is 13.1. The third-order valence-corrected chi connectivity index (χ3v) is 3.65. The molecule has 1 amide bonds. The smallest absolute Gasteiger partial charge is 0.328 e. The lowest BCUT2D eigenvalue weighted by Gasteiger charge is -2.22. The predicted molar refractivity (Wildman–Crippen MR) is 76.6 cm³/mol. The van der Waals surface area contributed by atoms with E-state index in [1.807, 2.05) is 19.9 Å².